The molecule has 8 heteroatoms. The number of esters is 1. The van der Waals surface area contributed by atoms with Crippen molar-refractivity contribution in [1.29, 1.82) is 0 Å². The van der Waals surface area contributed by atoms with Crippen LogP contribution in [0.1, 0.15) is 60.8 Å². The molecule has 0 aliphatic heterocycles. The van der Waals surface area contributed by atoms with E-state index in [2.05, 4.69) is 5.32 Å². The van der Waals surface area contributed by atoms with E-state index in [4.69, 9.17) is 20.9 Å². The van der Waals surface area contributed by atoms with Crippen LogP contribution in [-0.2, 0) is 19.1 Å². The molecule has 0 aliphatic carbocycles. The second-order valence-electron chi connectivity index (χ2n) is 7.67. The van der Waals surface area contributed by atoms with E-state index in [1.54, 1.807) is 41.5 Å². The van der Waals surface area contributed by atoms with Gasteiger partial charge in [0.15, 0.2) is 0 Å². The molecule has 0 fully saturated rings. The lowest BCUT2D eigenvalue weighted by atomic mass is 10.1. The summed E-state index contributed by atoms with van der Waals surface area (Å²) in [5.74, 6) is -1.18. The summed E-state index contributed by atoms with van der Waals surface area (Å²) in [5.41, 5.74) is 9.76. The third kappa shape index (κ3) is 10.8. The van der Waals surface area contributed by atoms with Crippen molar-refractivity contribution in [3.63, 3.8) is 0 Å². The number of primary amides is 1. The highest BCUT2D eigenvalue weighted by molar-refractivity contribution is 5.84. The molecule has 0 saturated heterocycles. The quantitative estimate of drug-likeness (QED) is 0.594. The SMILES string of the molecule is CC(C)(C)OC(=O)N[C@@H](CCCC(N)C(=O)OC(C)(C)C)C(N)=O. The molecule has 0 rings (SSSR count). The number of alkyl carbamates (subject to hydrolysis) is 1. The number of hydrogen-bond acceptors (Lipinski definition) is 6. The first kappa shape index (κ1) is 22.2. The summed E-state index contributed by atoms with van der Waals surface area (Å²) in [6.07, 6.45) is 0.270. The van der Waals surface area contributed by atoms with Crippen LogP contribution in [-0.4, -0.2) is 41.3 Å². The van der Waals surface area contributed by atoms with Crippen molar-refractivity contribution in [2.45, 2.75) is 84.1 Å². The Morgan fingerprint density at radius 3 is 1.88 bits per heavy atom. The predicted octanol–water partition coefficient (Wildman–Crippen LogP) is 1.20. The number of ether oxygens (including phenoxy) is 2. The van der Waals surface area contributed by atoms with E-state index in [1.165, 1.54) is 0 Å². The van der Waals surface area contributed by atoms with E-state index in [0.29, 0.717) is 12.8 Å². The second kappa shape index (κ2) is 8.86. The first-order valence-electron chi connectivity index (χ1n) is 7.98. The van der Waals surface area contributed by atoms with E-state index in [0.717, 1.165) is 0 Å². The molecule has 1 unspecified atom stereocenters. The van der Waals surface area contributed by atoms with E-state index in [9.17, 15) is 14.4 Å². The Balaban J connectivity index is 4.39. The van der Waals surface area contributed by atoms with Gasteiger partial charge in [-0.2, -0.15) is 0 Å². The van der Waals surface area contributed by atoms with E-state index >= 15 is 0 Å². The van der Waals surface area contributed by atoms with Gasteiger partial charge in [0.25, 0.3) is 0 Å². The van der Waals surface area contributed by atoms with E-state index in [-0.39, 0.29) is 6.42 Å². The number of hydrogen-bond donors (Lipinski definition) is 3. The largest absolute Gasteiger partial charge is 0.459 e. The summed E-state index contributed by atoms with van der Waals surface area (Å²) < 4.78 is 10.3. The molecular formula is C16H31N3O5. The summed E-state index contributed by atoms with van der Waals surface area (Å²) in [7, 11) is 0. The van der Waals surface area contributed by atoms with Gasteiger partial charge in [0, 0.05) is 0 Å². The molecule has 140 valence electrons. The van der Waals surface area contributed by atoms with Crippen LogP contribution in [0.4, 0.5) is 4.79 Å². The van der Waals surface area contributed by atoms with Crippen molar-refractivity contribution < 1.29 is 23.9 Å². The number of nitrogens with two attached hydrogens (primary N) is 2. The fourth-order valence-electron chi connectivity index (χ4n) is 1.77. The molecule has 8 nitrogen and oxygen atoms in total. The molecule has 0 aromatic heterocycles. The Bertz CT molecular complexity index is 452. The fraction of sp³-hybridized carbons (Fsp3) is 0.812. The number of rotatable bonds is 7. The molecular weight excluding hydrogens is 314 g/mol. The lowest BCUT2D eigenvalue weighted by Gasteiger charge is -2.23. The predicted molar refractivity (Wildman–Crippen MR) is 90.0 cm³/mol. The van der Waals surface area contributed by atoms with Gasteiger partial charge in [0.1, 0.15) is 23.3 Å². The van der Waals surface area contributed by atoms with Crippen molar-refractivity contribution >= 4 is 18.0 Å². The average Bonchev–Trinajstić information content (AvgIpc) is 2.32. The third-order valence-electron chi connectivity index (χ3n) is 2.75. The molecule has 0 radical (unpaired) electrons. The van der Waals surface area contributed by atoms with Crippen molar-refractivity contribution in [3.05, 3.63) is 0 Å². The highest BCUT2D eigenvalue weighted by Gasteiger charge is 2.25. The molecule has 0 bridgehead atoms. The molecule has 2 atom stereocenters. The molecule has 2 amide bonds. The Hall–Kier alpha value is -1.83. The Morgan fingerprint density at radius 1 is 0.958 bits per heavy atom. The van der Waals surface area contributed by atoms with Gasteiger partial charge < -0.3 is 26.3 Å². The van der Waals surface area contributed by atoms with Crippen LogP contribution in [0.25, 0.3) is 0 Å². The molecule has 24 heavy (non-hydrogen) atoms. The normalized spacial score (nSPS) is 14.5. The second-order valence-corrected chi connectivity index (χ2v) is 7.67. The molecule has 0 heterocycles. The minimum absolute atomic E-state index is 0.255. The van der Waals surface area contributed by atoms with Crippen LogP contribution in [0.15, 0.2) is 0 Å². The van der Waals surface area contributed by atoms with Crippen LogP contribution >= 0.6 is 0 Å². The number of amides is 2. The van der Waals surface area contributed by atoms with Crippen LogP contribution in [0, 0.1) is 0 Å². The highest BCUT2D eigenvalue weighted by atomic mass is 16.6. The minimum Gasteiger partial charge on any atom is -0.459 e. The van der Waals surface area contributed by atoms with Crippen molar-refractivity contribution in [2.24, 2.45) is 11.5 Å². The Kier molecular flexibility index (Phi) is 8.19. The fourth-order valence-corrected chi connectivity index (χ4v) is 1.77. The first-order chi connectivity index (χ1) is 10.7. The van der Waals surface area contributed by atoms with Gasteiger partial charge in [0.2, 0.25) is 5.91 Å². The molecule has 0 aliphatic rings. The summed E-state index contributed by atoms with van der Waals surface area (Å²) in [6.45, 7) is 10.4. The lowest BCUT2D eigenvalue weighted by Crippen LogP contribution is -2.46. The monoisotopic (exact) mass is 345 g/mol. The Labute approximate surface area is 143 Å². The Morgan fingerprint density at radius 2 is 1.46 bits per heavy atom. The third-order valence-corrected chi connectivity index (χ3v) is 2.75. The zero-order valence-corrected chi connectivity index (χ0v) is 15.5. The summed E-state index contributed by atoms with van der Waals surface area (Å²) in [6, 6.07) is -1.68. The van der Waals surface area contributed by atoms with Gasteiger partial charge in [0.05, 0.1) is 0 Å². The highest BCUT2D eigenvalue weighted by Crippen LogP contribution is 2.12. The van der Waals surface area contributed by atoms with Crippen LogP contribution < -0.4 is 16.8 Å². The maximum Gasteiger partial charge on any atom is 0.408 e. The van der Waals surface area contributed by atoms with Gasteiger partial charge in [-0.25, -0.2) is 4.79 Å². The number of carbonyl (C=O) groups is 3. The van der Waals surface area contributed by atoms with E-state index < -0.39 is 41.3 Å². The van der Waals surface area contributed by atoms with Crippen LogP contribution in [0.5, 0.6) is 0 Å². The van der Waals surface area contributed by atoms with Crippen LogP contribution in [0.3, 0.4) is 0 Å². The smallest absolute Gasteiger partial charge is 0.408 e. The number of carbonyl (C=O) groups excluding carboxylic acids is 3. The average molecular weight is 345 g/mol. The van der Waals surface area contributed by atoms with E-state index in [1.807, 2.05) is 0 Å². The zero-order chi connectivity index (χ0) is 19.1. The van der Waals surface area contributed by atoms with Gasteiger partial charge >= 0.3 is 12.1 Å². The van der Waals surface area contributed by atoms with Crippen molar-refractivity contribution in [3.8, 4) is 0 Å². The van der Waals surface area contributed by atoms with Crippen molar-refractivity contribution in [1.82, 2.24) is 5.32 Å². The number of nitrogens with one attached hydrogen (secondary N) is 1. The van der Waals surface area contributed by atoms with Gasteiger partial charge in [-0.05, 0) is 60.8 Å². The standard InChI is InChI=1S/C16H31N3O5/c1-15(2,3)23-13(21)10(17)8-7-9-11(12(18)20)19-14(22)24-16(4,5)6/h10-11H,7-9,17H2,1-6H3,(H2,18,20)(H,19,22)/t10?,11-/m0/s1. The summed E-state index contributed by atoms with van der Waals surface area (Å²) in [4.78, 5) is 34.9. The van der Waals surface area contributed by atoms with Gasteiger partial charge in [-0.3, -0.25) is 9.59 Å². The molecule has 0 aromatic rings. The van der Waals surface area contributed by atoms with Gasteiger partial charge in [-0.15, -0.1) is 0 Å². The maximum absolute atomic E-state index is 11.8. The molecule has 0 aromatic carbocycles. The summed E-state index contributed by atoms with van der Waals surface area (Å²) >= 11 is 0. The molecule has 0 spiro atoms. The van der Waals surface area contributed by atoms with Crippen LogP contribution in [0.2, 0.25) is 0 Å². The zero-order valence-electron chi connectivity index (χ0n) is 15.5. The van der Waals surface area contributed by atoms with Crippen molar-refractivity contribution in [2.75, 3.05) is 0 Å². The topological polar surface area (TPSA) is 134 Å². The maximum atomic E-state index is 11.8. The molecule has 5 N–H and O–H groups in total. The molecule has 0 saturated carbocycles. The lowest BCUT2D eigenvalue weighted by molar-refractivity contribution is -0.156. The summed E-state index contributed by atoms with van der Waals surface area (Å²) in [5, 5.41) is 2.42. The minimum atomic E-state index is -0.884. The first-order valence-corrected chi connectivity index (χ1v) is 7.98. The van der Waals surface area contributed by atoms with Gasteiger partial charge in [-0.1, -0.05) is 0 Å².